The van der Waals surface area contributed by atoms with Gasteiger partial charge in [0.1, 0.15) is 17.7 Å². The van der Waals surface area contributed by atoms with Gasteiger partial charge in [0.05, 0.1) is 24.0 Å². The van der Waals surface area contributed by atoms with Crippen LogP contribution in [-0.4, -0.2) is 131 Å². The van der Waals surface area contributed by atoms with Crippen LogP contribution >= 0.6 is 0 Å². The largest absolute Gasteiger partial charge is 0.395 e. The van der Waals surface area contributed by atoms with Crippen LogP contribution in [-0.2, 0) is 14.4 Å². The molecule has 3 heterocycles. The topological polar surface area (TPSA) is 87.6 Å². The fourth-order valence-electron chi connectivity index (χ4n) is 8.45. The Bertz CT molecular complexity index is 1320. The summed E-state index contributed by atoms with van der Waals surface area (Å²) in [6, 6.07) is 2.83. The summed E-state index contributed by atoms with van der Waals surface area (Å²) in [5.74, 6) is -2.22. The first kappa shape index (κ1) is 34.2. The predicted molar refractivity (Wildman–Crippen MR) is 174 cm³/mol. The first-order valence-electron chi connectivity index (χ1n) is 17.8. The normalized spacial score (nSPS) is 31.0. The summed E-state index contributed by atoms with van der Waals surface area (Å²) in [7, 11) is 2.03. The number of carbonyl (C=O) groups excluding carboxylic acids is 3. The van der Waals surface area contributed by atoms with Crippen molar-refractivity contribution in [2.75, 3.05) is 59.5 Å². The van der Waals surface area contributed by atoms with E-state index in [9.17, 15) is 23.9 Å². The summed E-state index contributed by atoms with van der Waals surface area (Å²) < 4.78 is 29.2. The number of hydrogen-bond donors (Lipinski definition) is 1. The van der Waals surface area contributed by atoms with Crippen molar-refractivity contribution in [2.24, 2.45) is 17.3 Å². The molecule has 1 N–H and O–H groups in total. The number of aliphatic hydroxyl groups is 1. The summed E-state index contributed by atoms with van der Waals surface area (Å²) >= 11 is 0. The molecule has 6 rings (SSSR count). The summed E-state index contributed by atoms with van der Waals surface area (Å²) in [5, 5.41) is 10.2. The maximum Gasteiger partial charge on any atom is 0.245 e. The van der Waals surface area contributed by atoms with Gasteiger partial charge >= 0.3 is 0 Å². The average molecular weight is 658 g/mol. The fourth-order valence-corrected chi connectivity index (χ4v) is 8.45. The van der Waals surface area contributed by atoms with Crippen LogP contribution in [0.3, 0.4) is 0 Å². The van der Waals surface area contributed by atoms with Crippen LogP contribution in [0.4, 0.5) is 8.78 Å². The van der Waals surface area contributed by atoms with E-state index in [-0.39, 0.29) is 43.0 Å². The van der Waals surface area contributed by atoms with Crippen molar-refractivity contribution in [3.63, 3.8) is 0 Å². The van der Waals surface area contributed by atoms with Crippen molar-refractivity contribution in [2.45, 2.75) is 95.8 Å². The number of piperazine rings is 1. The molecule has 0 aromatic heterocycles. The first-order chi connectivity index (χ1) is 22.4. The predicted octanol–water partition coefficient (Wildman–Crippen LogP) is 3.31. The molecule has 11 heteroatoms. The van der Waals surface area contributed by atoms with Crippen LogP contribution in [0, 0.1) is 28.9 Å². The lowest BCUT2D eigenvalue weighted by atomic mass is 9.83. The molecule has 0 spiro atoms. The Morgan fingerprint density at radius 3 is 2.21 bits per heavy atom. The van der Waals surface area contributed by atoms with E-state index in [0.717, 1.165) is 57.7 Å². The van der Waals surface area contributed by atoms with Gasteiger partial charge in [0.15, 0.2) is 0 Å². The Hall–Kier alpha value is -2.63. The molecule has 3 aliphatic heterocycles. The third-order valence-corrected chi connectivity index (χ3v) is 11.7. The molecule has 1 aromatic rings. The summed E-state index contributed by atoms with van der Waals surface area (Å²) in [5.41, 5.74) is -0.665. The van der Waals surface area contributed by atoms with Gasteiger partial charge < -0.3 is 24.7 Å². The van der Waals surface area contributed by atoms with Crippen molar-refractivity contribution in [1.82, 2.24) is 24.5 Å². The number of likely N-dealkylation sites (tertiary alicyclic amines) is 2. The van der Waals surface area contributed by atoms with E-state index in [0.29, 0.717) is 50.1 Å². The number of rotatable bonds is 8. The quantitative estimate of drug-likeness (QED) is 0.462. The van der Waals surface area contributed by atoms with Crippen molar-refractivity contribution < 1.29 is 28.3 Å². The maximum absolute atomic E-state index is 15.3. The Morgan fingerprint density at radius 2 is 1.60 bits per heavy atom. The van der Waals surface area contributed by atoms with Crippen molar-refractivity contribution in [1.29, 1.82) is 0 Å². The molecule has 3 saturated heterocycles. The van der Waals surface area contributed by atoms with Gasteiger partial charge in [-0.05, 0) is 83.4 Å². The molecule has 47 heavy (non-hydrogen) atoms. The van der Waals surface area contributed by atoms with E-state index in [2.05, 4.69) is 16.7 Å². The molecule has 4 atom stereocenters. The van der Waals surface area contributed by atoms with Gasteiger partial charge in [0.2, 0.25) is 17.7 Å². The monoisotopic (exact) mass is 657 g/mol. The zero-order valence-electron chi connectivity index (χ0n) is 28.5. The third kappa shape index (κ3) is 7.08. The number of aliphatic hydroxyl groups excluding tert-OH is 1. The van der Waals surface area contributed by atoms with Crippen LogP contribution in [0.2, 0.25) is 0 Å². The minimum atomic E-state index is -1.00. The average Bonchev–Trinajstić information content (AvgIpc) is 3.66. The lowest BCUT2D eigenvalue weighted by Crippen LogP contribution is -2.55. The molecular formula is C36H53F2N5O4. The smallest absolute Gasteiger partial charge is 0.245 e. The molecule has 3 amide bonds. The Kier molecular flexibility index (Phi) is 9.99. The number of amides is 3. The molecule has 0 radical (unpaired) electrons. The number of likely N-dealkylation sites (N-methyl/N-ethyl adjacent to an activating group) is 1. The molecule has 0 bridgehead atoms. The number of benzene rings is 1. The molecule has 0 unspecified atom stereocenters. The Balaban J connectivity index is 1.33. The van der Waals surface area contributed by atoms with Crippen LogP contribution in [0.5, 0.6) is 0 Å². The van der Waals surface area contributed by atoms with Crippen LogP contribution < -0.4 is 0 Å². The van der Waals surface area contributed by atoms with Crippen LogP contribution in [0.25, 0.3) is 0 Å². The van der Waals surface area contributed by atoms with Gasteiger partial charge in [0.25, 0.3) is 0 Å². The van der Waals surface area contributed by atoms with E-state index in [1.54, 1.807) is 18.7 Å². The molecule has 9 nitrogen and oxygen atoms in total. The highest BCUT2D eigenvalue weighted by Gasteiger charge is 2.52. The van der Waals surface area contributed by atoms with E-state index in [1.807, 2.05) is 16.8 Å². The second kappa shape index (κ2) is 13.7. The highest BCUT2D eigenvalue weighted by Crippen LogP contribution is 2.43. The zero-order valence-corrected chi connectivity index (χ0v) is 28.5. The number of carbonyl (C=O) groups is 3. The minimum Gasteiger partial charge on any atom is -0.395 e. The van der Waals surface area contributed by atoms with Crippen LogP contribution in [0.1, 0.15) is 77.2 Å². The number of nitrogens with zero attached hydrogens (tertiary/aromatic N) is 5. The molecular weight excluding hydrogens is 604 g/mol. The highest BCUT2D eigenvalue weighted by atomic mass is 19.1. The molecule has 2 saturated carbocycles. The zero-order chi connectivity index (χ0) is 33.6. The van der Waals surface area contributed by atoms with Gasteiger partial charge in [-0.25, -0.2) is 8.78 Å². The lowest BCUT2D eigenvalue weighted by Gasteiger charge is -2.43. The first-order valence-corrected chi connectivity index (χ1v) is 17.8. The van der Waals surface area contributed by atoms with E-state index >= 15 is 4.39 Å². The second-order valence-corrected chi connectivity index (χ2v) is 15.8. The lowest BCUT2D eigenvalue weighted by molar-refractivity contribution is -0.149. The third-order valence-electron chi connectivity index (χ3n) is 11.7. The SMILES string of the molecule is CC1CCC(N(C(=O)C(C)(C)CO)[C@H]2C[C@H](C(=O)N3CCN(C)CC3)N(C(=O)[C@@H]3CN(C4CC4)C[C@H]3c3ccc(F)cc3F)C2)CC1. The van der Waals surface area contributed by atoms with Crippen molar-refractivity contribution in [3.8, 4) is 0 Å². The van der Waals surface area contributed by atoms with Gasteiger partial charge in [-0.1, -0.05) is 13.0 Å². The summed E-state index contributed by atoms with van der Waals surface area (Å²) in [6.07, 6.45) is 6.10. The Labute approximate surface area is 278 Å². The van der Waals surface area contributed by atoms with E-state index in [4.69, 9.17) is 0 Å². The van der Waals surface area contributed by atoms with Gasteiger partial charge in [-0.3, -0.25) is 19.3 Å². The van der Waals surface area contributed by atoms with Crippen molar-refractivity contribution in [3.05, 3.63) is 35.4 Å². The van der Waals surface area contributed by atoms with Gasteiger partial charge in [-0.2, -0.15) is 0 Å². The maximum atomic E-state index is 15.3. The van der Waals surface area contributed by atoms with Crippen LogP contribution in [0.15, 0.2) is 18.2 Å². The molecule has 5 aliphatic rings. The molecule has 260 valence electrons. The van der Waals surface area contributed by atoms with E-state index in [1.165, 1.54) is 12.1 Å². The standard InChI is InChI=1S/C36H53F2N5O4/c1-23-5-8-26(9-6-23)43(35(47)36(2,3)22-44)27-18-32(34(46)40-15-13-39(4)14-16-40)42(19-27)33(45)30-21-41(25-10-11-25)20-29(30)28-12-7-24(37)17-31(28)38/h7,12,17,23,25-27,29-30,32,44H,5-6,8-11,13-16,18-22H2,1-4H3/t23?,26?,27-,29-,30+,32+/m0/s1. The molecule has 2 aliphatic carbocycles. The minimum absolute atomic E-state index is 0.0261. The fraction of sp³-hybridized carbons (Fsp3) is 0.750. The second-order valence-electron chi connectivity index (χ2n) is 15.8. The summed E-state index contributed by atoms with van der Waals surface area (Å²) in [6.45, 7) is 9.27. The summed E-state index contributed by atoms with van der Waals surface area (Å²) in [4.78, 5) is 53.3. The Morgan fingerprint density at radius 1 is 0.915 bits per heavy atom. The van der Waals surface area contributed by atoms with Crippen molar-refractivity contribution >= 4 is 17.7 Å². The van der Waals surface area contributed by atoms with E-state index < -0.39 is 34.9 Å². The van der Waals surface area contributed by atoms with Gasteiger partial charge in [0, 0.05) is 69.9 Å². The van der Waals surface area contributed by atoms with Gasteiger partial charge in [-0.15, -0.1) is 0 Å². The number of hydrogen-bond acceptors (Lipinski definition) is 6. The highest BCUT2D eigenvalue weighted by molar-refractivity contribution is 5.91. The molecule has 5 fully saturated rings. The number of halogens is 2. The molecule has 1 aromatic carbocycles.